The highest BCUT2D eigenvalue weighted by molar-refractivity contribution is 7.85. The summed E-state index contributed by atoms with van der Waals surface area (Å²) < 4.78 is 25.3. The van der Waals surface area contributed by atoms with Crippen LogP contribution in [0.3, 0.4) is 0 Å². The monoisotopic (exact) mass is 324 g/mol. The maximum Gasteiger partial charge on any atom is 0.175 e. The number of ketones is 1. The molecule has 110 valence electrons. The second-order valence-corrected chi connectivity index (χ2v) is 6.67. The molecule has 2 aromatic rings. The summed E-state index contributed by atoms with van der Waals surface area (Å²) in [5.74, 6) is -0.917. The van der Waals surface area contributed by atoms with Crippen LogP contribution in [0.5, 0.6) is 0 Å². The Kier molecular flexibility index (Phi) is 4.91. The maximum atomic E-state index is 13.1. The molecule has 0 heterocycles. The van der Waals surface area contributed by atoms with Gasteiger partial charge < -0.3 is 0 Å². The van der Waals surface area contributed by atoms with Crippen molar-refractivity contribution in [3.63, 3.8) is 0 Å². The van der Waals surface area contributed by atoms with Gasteiger partial charge in [-0.15, -0.1) is 0 Å². The zero-order valence-electron chi connectivity index (χ0n) is 11.7. The first-order valence-electron chi connectivity index (χ1n) is 6.32. The van der Waals surface area contributed by atoms with Crippen LogP contribution in [0.2, 0.25) is 5.02 Å². The van der Waals surface area contributed by atoms with Crippen molar-refractivity contribution < 1.29 is 13.4 Å². The molecule has 2 rings (SSSR count). The lowest BCUT2D eigenvalue weighted by Crippen LogP contribution is -2.12. The predicted molar refractivity (Wildman–Crippen MR) is 82.9 cm³/mol. The summed E-state index contributed by atoms with van der Waals surface area (Å²) in [6.07, 6.45) is 0. The van der Waals surface area contributed by atoms with Gasteiger partial charge in [0.2, 0.25) is 0 Å². The van der Waals surface area contributed by atoms with Crippen molar-refractivity contribution in [2.75, 3.05) is 5.75 Å². The van der Waals surface area contributed by atoms with Crippen LogP contribution in [-0.2, 0) is 10.8 Å². The molecular formula is C16H14ClFO2S. The normalized spacial score (nSPS) is 12.2. The highest BCUT2D eigenvalue weighted by atomic mass is 35.5. The molecular weight excluding hydrogens is 311 g/mol. The molecule has 0 bridgehead atoms. The zero-order valence-corrected chi connectivity index (χ0v) is 13.2. The molecule has 0 N–H and O–H groups in total. The van der Waals surface area contributed by atoms with Crippen molar-refractivity contribution in [3.8, 4) is 0 Å². The predicted octanol–water partition coefficient (Wildman–Crippen LogP) is 4.09. The number of Topliss-reactive ketones (excluding diaryl/α,β-unsaturated/α-hetero) is 1. The van der Waals surface area contributed by atoms with Crippen LogP contribution < -0.4 is 0 Å². The summed E-state index contributed by atoms with van der Waals surface area (Å²) in [5, 5.41) is -0.0972. The van der Waals surface area contributed by atoms with Crippen LogP contribution >= 0.6 is 11.6 Å². The van der Waals surface area contributed by atoms with E-state index in [2.05, 4.69) is 0 Å². The summed E-state index contributed by atoms with van der Waals surface area (Å²) in [6, 6.07) is 9.39. The van der Waals surface area contributed by atoms with E-state index < -0.39 is 16.6 Å². The number of rotatable bonds is 4. The lowest BCUT2D eigenvalue weighted by Gasteiger charge is -2.07. The molecule has 0 saturated carbocycles. The van der Waals surface area contributed by atoms with Crippen LogP contribution in [-0.4, -0.2) is 15.7 Å². The topological polar surface area (TPSA) is 34.1 Å². The van der Waals surface area contributed by atoms with Gasteiger partial charge in [0.15, 0.2) is 5.78 Å². The van der Waals surface area contributed by atoms with Crippen LogP contribution in [0.4, 0.5) is 4.39 Å². The summed E-state index contributed by atoms with van der Waals surface area (Å²) in [4.78, 5) is 12.6. The van der Waals surface area contributed by atoms with E-state index in [1.54, 1.807) is 6.07 Å². The Balaban J connectivity index is 2.20. The van der Waals surface area contributed by atoms with Gasteiger partial charge >= 0.3 is 0 Å². The fraction of sp³-hybridized carbons (Fsp3) is 0.188. The summed E-state index contributed by atoms with van der Waals surface area (Å²) in [5.41, 5.74) is 2.39. The lowest BCUT2D eigenvalue weighted by atomic mass is 10.0. The van der Waals surface area contributed by atoms with Crippen LogP contribution in [0.15, 0.2) is 41.3 Å². The van der Waals surface area contributed by atoms with E-state index in [0.717, 1.165) is 17.2 Å². The third kappa shape index (κ3) is 3.77. The molecule has 0 amide bonds. The maximum absolute atomic E-state index is 13.1. The smallest absolute Gasteiger partial charge is 0.175 e. The first-order chi connectivity index (χ1) is 9.88. The lowest BCUT2D eigenvalue weighted by molar-refractivity contribution is 0.102. The van der Waals surface area contributed by atoms with Crippen molar-refractivity contribution in [2.24, 2.45) is 0 Å². The van der Waals surface area contributed by atoms with Crippen LogP contribution in [0.25, 0.3) is 0 Å². The number of carbonyl (C=O) groups excluding carboxylic acids is 1. The van der Waals surface area contributed by atoms with Gasteiger partial charge in [0.05, 0.1) is 21.6 Å². The Morgan fingerprint density at radius 2 is 1.90 bits per heavy atom. The van der Waals surface area contributed by atoms with E-state index in [1.165, 1.54) is 12.1 Å². The molecule has 5 heteroatoms. The van der Waals surface area contributed by atoms with Crippen molar-refractivity contribution in [1.29, 1.82) is 0 Å². The average Bonchev–Trinajstić information content (AvgIpc) is 2.44. The minimum atomic E-state index is -1.55. The number of aryl methyl sites for hydroxylation is 2. The van der Waals surface area contributed by atoms with Gasteiger partial charge in [0, 0.05) is 10.5 Å². The van der Waals surface area contributed by atoms with Gasteiger partial charge in [-0.05, 0) is 43.7 Å². The van der Waals surface area contributed by atoms with E-state index in [4.69, 9.17) is 11.6 Å². The Hall–Kier alpha value is -1.52. The number of benzene rings is 2. The molecule has 0 aliphatic heterocycles. The molecule has 0 saturated heterocycles. The van der Waals surface area contributed by atoms with Gasteiger partial charge in [-0.3, -0.25) is 9.00 Å². The number of carbonyl (C=O) groups is 1. The van der Waals surface area contributed by atoms with Gasteiger partial charge in [0.1, 0.15) is 5.82 Å². The molecule has 2 aromatic carbocycles. The largest absolute Gasteiger partial charge is 0.293 e. The molecule has 0 aliphatic rings. The summed E-state index contributed by atoms with van der Waals surface area (Å²) in [7, 11) is -1.55. The van der Waals surface area contributed by atoms with Crippen molar-refractivity contribution in [3.05, 3.63) is 63.9 Å². The molecule has 1 unspecified atom stereocenters. The third-order valence-electron chi connectivity index (χ3n) is 3.11. The van der Waals surface area contributed by atoms with Crippen molar-refractivity contribution >= 4 is 28.2 Å². The number of halogens is 2. The molecule has 0 radical (unpaired) electrons. The summed E-state index contributed by atoms with van der Waals surface area (Å²) in [6.45, 7) is 3.73. The standard InChI is InChI=1S/C16H14ClFO2S/c1-10-3-4-11(2)13(7-10)16(19)9-21(20)12-5-6-15(18)14(17)8-12/h3-8H,9H2,1-2H3. The molecule has 0 fully saturated rings. The van der Waals surface area contributed by atoms with Gasteiger partial charge in [-0.2, -0.15) is 0 Å². The van der Waals surface area contributed by atoms with Crippen LogP contribution in [0, 0.1) is 19.7 Å². The van der Waals surface area contributed by atoms with E-state index in [0.29, 0.717) is 10.5 Å². The molecule has 0 spiro atoms. The van der Waals surface area contributed by atoms with Gasteiger partial charge in [-0.25, -0.2) is 4.39 Å². The van der Waals surface area contributed by atoms with E-state index in [9.17, 15) is 13.4 Å². The van der Waals surface area contributed by atoms with Crippen LogP contribution in [0.1, 0.15) is 21.5 Å². The van der Waals surface area contributed by atoms with Crippen molar-refractivity contribution in [2.45, 2.75) is 18.7 Å². The minimum Gasteiger partial charge on any atom is -0.293 e. The highest BCUT2D eigenvalue weighted by Gasteiger charge is 2.15. The third-order valence-corrected chi connectivity index (χ3v) is 4.70. The Bertz CT molecular complexity index is 728. The molecule has 2 nitrogen and oxygen atoms in total. The van der Waals surface area contributed by atoms with Gasteiger partial charge in [-0.1, -0.05) is 29.3 Å². The summed E-state index contributed by atoms with van der Waals surface area (Å²) >= 11 is 5.66. The quantitative estimate of drug-likeness (QED) is 0.794. The Labute approximate surface area is 130 Å². The molecule has 21 heavy (non-hydrogen) atoms. The molecule has 0 aromatic heterocycles. The Morgan fingerprint density at radius 1 is 1.19 bits per heavy atom. The minimum absolute atomic E-state index is 0.0972. The SMILES string of the molecule is Cc1ccc(C)c(C(=O)CS(=O)c2ccc(F)c(Cl)c2)c1. The first kappa shape index (κ1) is 15.9. The zero-order chi connectivity index (χ0) is 15.6. The van der Waals surface area contributed by atoms with Crippen molar-refractivity contribution in [1.82, 2.24) is 0 Å². The van der Waals surface area contributed by atoms with E-state index in [1.807, 2.05) is 26.0 Å². The second kappa shape index (κ2) is 6.50. The second-order valence-electron chi connectivity index (χ2n) is 4.81. The first-order valence-corrected chi connectivity index (χ1v) is 8.02. The highest BCUT2D eigenvalue weighted by Crippen LogP contribution is 2.19. The molecule has 1 atom stereocenters. The number of hydrogen-bond donors (Lipinski definition) is 0. The fourth-order valence-electron chi connectivity index (χ4n) is 1.93. The van der Waals surface area contributed by atoms with E-state index in [-0.39, 0.29) is 16.6 Å². The Morgan fingerprint density at radius 3 is 2.57 bits per heavy atom. The fourth-order valence-corrected chi connectivity index (χ4v) is 3.21. The van der Waals surface area contributed by atoms with E-state index >= 15 is 0 Å². The number of hydrogen-bond acceptors (Lipinski definition) is 2. The molecule has 0 aliphatic carbocycles. The average molecular weight is 325 g/mol. The van der Waals surface area contributed by atoms with Gasteiger partial charge in [0.25, 0.3) is 0 Å².